The fraction of sp³-hybridized carbons (Fsp3) is 0.273. The van der Waals surface area contributed by atoms with Crippen LogP contribution in [0.1, 0.15) is 32.8 Å². The molecule has 2 N–H and O–H groups in total. The Kier molecular flexibility index (Phi) is 12.0. The molecule has 0 aromatic heterocycles. The van der Waals surface area contributed by atoms with Crippen LogP contribution < -0.4 is 5.73 Å². The molecule has 0 aliphatic heterocycles. The Morgan fingerprint density at radius 3 is 2.38 bits per heavy atom. The van der Waals surface area contributed by atoms with Crippen molar-refractivity contribution in [2.75, 3.05) is 13.2 Å². The highest BCUT2D eigenvalue weighted by Crippen LogP contribution is 2.28. The first-order valence-electron chi connectivity index (χ1n) is 9.18. The van der Waals surface area contributed by atoms with E-state index in [2.05, 4.69) is 48.4 Å². The molecule has 0 bridgehead atoms. The Bertz CT molecular complexity index is 823. The van der Waals surface area contributed by atoms with Crippen LogP contribution in [-0.2, 0) is 9.47 Å². The maximum absolute atomic E-state index is 6.24. The molecular weight excluding hydrogens is 498 g/mol. The van der Waals surface area contributed by atoms with Gasteiger partial charge in [0.15, 0.2) is 0 Å². The molecule has 0 amide bonds. The Morgan fingerprint density at radius 1 is 1.14 bits per heavy atom. The van der Waals surface area contributed by atoms with Crippen molar-refractivity contribution < 1.29 is 9.47 Å². The van der Waals surface area contributed by atoms with Gasteiger partial charge in [0.1, 0.15) is 24.8 Å². The number of hydrogen-bond acceptors (Lipinski definition) is 5. The van der Waals surface area contributed by atoms with E-state index in [-0.39, 0.29) is 0 Å². The predicted molar refractivity (Wildman–Crippen MR) is 130 cm³/mol. The lowest BCUT2D eigenvalue weighted by Gasteiger charge is -2.16. The van der Waals surface area contributed by atoms with Crippen molar-refractivity contribution in [1.82, 2.24) is 0 Å². The number of allylic oxidation sites excluding steroid dienone is 4. The van der Waals surface area contributed by atoms with Gasteiger partial charge in [0.2, 0.25) is 5.88 Å². The van der Waals surface area contributed by atoms with Crippen molar-refractivity contribution in [3.8, 4) is 0 Å². The number of rotatable bonds is 11. The predicted octanol–water partition coefficient (Wildman–Crippen LogP) is 6.33. The Balaban J connectivity index is 2.91. The lowest BCUT2D eigenvalue weighted by Crippen LogP contribution is -2.09. The first-order valence-corrected chi connectivity index (χ1v) is 10.8. The highest BCUT2D eigenvalue weighted by molar-refractivity contribution is 9.12. The minimum absolute atomic E-state index is 0.301. The van der Waals surface area contributed by atoms with Gasteiger partial charge >= 0.3 is 0 Å². The van der Waals surface area contributed by atoms with Crippen molar-refractivity contribution in [2.45, 2.75) is 27.2 Å². The highest BCUT2D eigenvalue weighted by Gasteiger charge is 2.14. The van der Waals surface area contributed by atoms with E-state index < -0.39 is 0 Å². The number of hydrogen-bond donors (Lipinski definition) is 1. The molecule has 0 heterocycles. The van der Waals surface area contributed by atoms with Gasteiger partial charge in [-0.3, -0.25) is 0 Å². The molecule has 7 heteroatoms. The third-order valence-electron chi connectivity index (χ3n) is 3.51. The Morgan fingerprint density at radius 2 is 1.79 bits per heavy atom. The average Bonchev–Trinajstić information content (AvgIpc) is 2.71. The van der Waals surface area contributed by atoms with E-state index in [0.717, 1.165) is 26.5 Å². The third kappa shape index (κ3) is 9.28. The van der Waals surface area contributed by atoms with E-state index in [0.29, 0.717) is 30.7 Å². The number of nitrogens with zero attached hydrogens (tertiary/aromatic N) is 2. The molecule has 0 atom stereocenters. The second-order valence-corrected chi connectivity index (χ2v) is 7.48. The van der Waals surface area contributed by atoms with E-state index in [1.807, 2.05) is 57.2 Å². The van der Waals surface area contributed by atoms with Gasteiger partial charge in [0.05, 0.1) is 5.57 Å². The summed E-state index contributed by atoms with van der Waals surface area (Å²) < 4.78 is 13.3. The molecule has 29 heavy (non-hydrogen) atoms. The molecule has 0 aliphatic carbocycles. The van der Waals surface area contributed by atoms with Crippen LogP contribution in [0.5, 0.6) is 0 Å². The first-order chi connectivity index (χ1) is 13.9. The van der Waals surface area contributed by atoms with Gasteiger partial charge in [0, 0.05) is 21.4 Å². The zero-order valence-corrected chi connectivity index (χ0v) is 20.2. The summed E-state index contributed by atoms with van der Waals surface area (Å²) >= 11 is 6.80. The van der Waals surface area contributed by atoms with E-state index in [4.69, 9.17) is 15.2 Å². The number of aliphatic imine (C=N–C) groups is 2. The summed E-state index contributed by atoms with van der Waals surface area (Å²) in [5.74, 6) is 1.36. The van der Waals surface area contributed by atoms with Crippen LogP contribution in [0.25, 0.3) is 5.57 Å². The fourth-order valence-electron chi connectivity index (χ4n) is 2.21. The summed E-state index contributed by atoms with van der Waals surface area (Å²) in [6, 6.07) is 7.85. The zero-order chi connectivity index (χ0) is 21.6. The molecule has 0 radical (unpaired) electrons. The molecule has 0 unspecified atom stereocenters. The number of benzene rings is 1. The van der Waals surface area contributed by atoms with E-state index in [9.17, 15) is 0 Å². The fourth-order valence-corrected chi connectivity index (χ4v) is 2.58. The summed E-state index contributed by atoms with van der Waals surface area (Å²) in [5.41, 5.74) is 7.90. The van der Waals surface area contributed by atoms with Gasteiger partial charge in [-0.15, -0.1) is 0 Å². The molecule has 0 saturated heterocycles. The normalized spacial score (nSPS) is 13.7. The topological polar surface area (TPSA) is 69.2 Å². The van der Waals surface area contributed by atoms with E-state index in [1.165, 1.54) is 0 Å². The molecule has 5 nitrogen and oxygen atoms in total. The maximum Gasteiger partial charge on any atom is 0.205 e. The van der Waals surface area contributed by atoms with Gasteiger partial charge in [0.25, 0.3) is 0 Å². The van der Waals surface area contributed by atoms with Crippen molar-refractivity contribution in [2.24, 2.45) is 15.7 Å². The SMILES string of the molecule is C=C(N=C/C(Br)=C\C)OCCOC(=C\CC)/C(=C(/N)N=CC)c1ccc(Br)cc1. The third-order valence-corrected chi connectivity index (χ3v) is 4.70. The monoisotopic (exact) mass is 523 g/mol. The lowest BCUT2D eigenvalue weighted by molar-refractivity contribution is 0.123. The van der Waals surface area contributed by atoms with Crippen molar-refractivity contribution in [3.05, 3.63) is 75.0 Å². The molecule has 0 fully saturated rings. The lowest BCUT2D eigenvalue weighted by atomic mass is 10.0. The van der Waals surface area contributed by atoms with Gasteiger partial charge in [-0.1, -0.05) is 41.1 Å². The van der Waals surface area contributed by atoms with Crippen molar-refractivity contribution in [3.63, 3.8) is 0 Å². The minimum atomic E-state index is 0.301. The first kappa shape index (κ1) is 24.9. The molecule has 0 aliphatic rings. The summed E-state index contributed by atoms with van der Waals surface area (Å²) in [6.45, 7) is 10.1. The van der Waals surface area contributed by atoms with Gasteiger partial charge in [-0.25, -0.2) is 9.98 Å². The molecule has 1 aromatic carbocycles. The molecule has 0 saturated carbocycles. The van der Waals surface area contributed by atoms with Crippen molar-refractivity contribution in [1.29, 1.82) is 0 Å². The molecule has 0 spiro atoms. The van der Waals surface area contributed by atoms with E-state index >= 15 is 0 Å². The Labute approximate surface area is 190 Å². The van der Waals surface area contributed by atoms with Gasteiger partial charge < -0.3 is 15.2 Å². The molecule has 1 rings (SSSR count). The van der Waals surface area contributed by atoms with Crippen LogP contribution >= 0.6 is 31.9 Å². The number of halogens is 2. The smallest absolute Gasteiger partial charge is 0.205 e. The molecular formula is C22H27Br2N3O2. The second kappa shape index (κ2) is 14.0. The summed E-state index contributed by atoms with van der Waals surface area (Å²) in [4.78, 5) is 8.37. The second-order valence-electron chi connectivity index (χ2n) is 5.65. The standard InChI is InChI=1S/C22H27Br2N3O2/c1-5-8-20(29-14-13-28-16(4)27-15-18(23)6-2)21(22(25)26-7-3)17-9-11-19(24)12-10-17/h6-12,15H,4-5,13-14,25H2,1-3H3/b18-6+,20-8-,22-21-,26-7?,27-15?. The van der Waals surface area contributed by atoms with Crippen LogP contribution in [0, 0.1) is 0 Å². The van der Waals surface area contributed by atoms with Crippen LogP contribution in [0.15, 0.2) is 79.4 Å². The largest absolute Gasteiger partial charge is 0.490 e. The van der Waals surface area contributed by atoms with Gasteiger partial charge in [-0.2, -0.15) is 0 Å². The maximum atomic E-state index is 6.24. The molecule has 156 valence electrons. The van der Waals surface area contributed by atoms with Crippen LogP contribution in [0.3, 0.4) is 0 Å². The summed E-state index contributed by atoms with van der Waals surface area (Å²) in [5, 5.41) is 0. The summed E-state index contributed by atoms with van der Waals surface area (Å²) in [7, 11) is 0. The van der Waals surface area contributed by atoms with Crippen LogP contribution in [0.2, 0.25) is 0 Å². The number of ether oxygens (including phenoxy) is 2. The van der Waals surface area contributed by atoms with E-state index in [1.54, 1.807) is 12.4 Å². The zero-order valence-electron chi connectivity index (χ0n) is 17.0. The average molecular weight is 525 g/mol. The van der Waals surface area contributed by atoms with Gasteiger partial charge in [-0.05, 0) is 66.5 Å². The Hall–Kier alpha value is -2.12. The van der Waals surface area contributed by atoms with Crippen molar-refractivity contribution >= 4 is 49.9 Å². The van der Waals surface area contributed by atoms with Crippen LogP contribution in [0.4, 0.5) is 0 Å². The molecule has 1 aromatic rings. The van der Waals surface area contributed by atoms with Crippen LogP contribution in [-0.4, -0.2) is 25.6 Å². The quantitative estimate of drug-likeness (QED) is 0.159. The summed E-state index contributed by atoms with van der Waals surface area (Å²) in [6.07, 6.45) is 7.93. The minimum Gasteiger partial charge on any atom is -0.490 e. The highest BCUT2D eigenvalue weighted by atomic mass is 79.9. The number of nitrogens with two attached hydrogens (primary N) is 1.